The van der Waals surface area contributed by atoms with E-state index in [2.05, 4.69) is 25.8 Å². The van der Waals surface area contributed by atoms with E-state index in [1.54, 1.807) is 10.1 Å². The van der Waals surface area contributed by atoms with E-state index in [-0.39, 0.29) is 23.9 Å². The summed E-state index contributed by atoms with van der Waals surface area (Å²) in [6, 6.07) is -0.727. The Labute approximate surface area is 207 Å². The van der Waals surface area contributed by atoms with E-state index in [1.807, 2.05) is 19.0 Å². The van der Waals surface area contributed by atoms with Gasteiger partial charge in [0.2, 0.25) is 11.1 Å². The Morgan fingerprint density at radius 3 is 2.85 bits per heavy atom. The van der Waals surface area contributed by atoms with E-state index in [0.29, 0.717) is 34.0 Å². The van der Waals surface area contributed by atoms with Crippen LogP contribution < -0.4 is 16.8 Å². The summed E-state index contributed by atoms with van der Waals surface area (Å²) >= 11 is 4.10. The molecule has 34 heavy (non-hydrogen) atoms. The summed E-state index contributed by atoms with van der Waals surface area (Å²) in [7, 11) is 3.93. The highest BCUT2D eigenvalue weighted by Gasteiger charge is 2.53. The number of tetrazole rings is 1. The number of fused-ring (bicyclic) bond motifs is 1. The molecule has 0 aliphatic carbocycles. The fourth-order valence-electron chi connectivity index (χ4n) is 3.51. The van der Waals surface area contributed by atoms with Crippen molar-refractivity contribution >= 4 is 57.7 Å². The smallest absolute Gasteiger partial charge is 0.265 e. The number of hydrogen-bond donors (Lipinski definition) is 3. The lowest BCUT2D eigenvalue weighted by atomic mass is 10.0. The molecule has 1 saturated heterocycles. The molecule has 0 aromatic carbocycles. The molecule has 13 nitrogen and oxygen atoms in total. The molecule has 0 radical (unpaired) electrons. The number of anilines is 1. The zero-order chi connectivity index (χ0) is 24.4. The first-order valence-corrected chi connectivity index (χ1v) is 13.2. The number of thiazole rings is 1. The Balaban J connectivity index is 1.41. The number of nitrogen functional groups attached to an aromatic ring is 1. The molecule has 0 spiro atoms. The third-order valence-corrected chi connectivity index (χ3v) is 8.25. The van der Waals surface area contributed by atoms with Gasteiger partial charge in [-0.3, -0.25) is 19.3 Å². The maximum atomic E-state index is 12.9. The molecule has 4 heterocycles. The lowest BCUT2D eigenvalue weighted by molar-refractivity contribution is -0.147. The molecule has 2 atom stereocenters. The maximum Gasteiger partial charge on any atom is 0.265 e. The number of likely N-dealkylation sites (N-methyl/N-ethyl adjacent to an activating group) is 1. The zero-order valence-corrected chi connectivity index (χ0v) is 21.0. The molecular weight excluding hydrogens is 500 g/mol. The molecule has 2 aromatic rings. The normalized spacial score (nSPS) is 19.9. The topological polar surface area (TPSA) is 178 Å². The predicted molar refractivity (Wildman–Crippen MR) is 129 cm³/mol. The first-order chi connectivity index (χ1) is 16.2. The second kappa shape index (κ2) is 10.3. The van der Waals surface area contributed by atoms with Crippen LogP contribution in [0.15, 0.2) is 21.8 Å². The summed E-state index contributed by atoms with van der Waals surface area (Å²) in [5, 5.41) is 16.8. The number of β-lactam (4-membered cyclic amide) rings is 1. The van der Waals surface area contributed by atoms with E-state index in [4.69, 9.17) is 11.5 Å². The molecule has 16 heteroatoms. The number of carbonyl (C=O) groups is 3. The first-order valence-electron chi connectivity index (χ1n) is 10.2. The van der Waals surface area contributed by atoms with Crippen molar-refractivity contribution in [1.29, 1.82) is 0 Å². The van der Waals surface area contributed by atoms with Crippen LogP contribution in [-0.2, 0) is 27.3 Å². The molecule has 2 aliphatic rings. The van der Waals surface area contributed by atoms with Gasteiger partial charge < -0.3 is 21.7 Å². The number of nitrogens with zero attached hydrogens (tertiary/aromatic N) is 7. The Hall–Kier alpha value is -2.69. The van der Waals surface area contributed by atoms with Crippen LogP contribution in [-0.4, -0.2) is 96.3 Å². The van der Waals surface area contributed by atoms with E-state index >= 15 is 0 Å². The van der Waals surface area contributed by atoms with Gasteiger partial charge in [0.1, 0.15) is 17.1 Å². The minimum absolute atomic E-state index is 0.0256. The van der Waals surface area contributed by atoms with Crippen LogP contribution >= 0.6 is 34.9 Å². The first kappa shape index (κ1) is 24.4. The summed E-state index contributed by atoms with van der Waals surface area (Å²) in [5.41, 5.74) is 12.7. The van der Waals surface area contributed by atoms with Crippen LogP contribution in [0.1, 0.15) is 5.69 Å². The molecule has 5 N–H and O–H groups in total. The molecule has 0 saturated carbocycles. The van der Waals surface area contributed by atoms with Gasteiger partial charge in [0, 0.05) is 23.4 Å². The van der Waals surface area contributed by atoms with Crippen molar-refractivity contribution in [3.8, 4) is 0 Å². The Kier molecular flexibility index (Phi) is 7.39. The molecule has 2 aliphatic heterocycles. The second-order valence-corrected chi connectivity index (χ2v) is 10.8. The van der Waals surface area contributed by atoms with Crippen LogP contribution in [0.3, 0.4) is 0 Å². The van der Waals surface area contributed by atoms with Crippen LogP contribution in [0.4, 0.5) is 5.13 Å². The summed E-state index contributed by atoms with van der Waals surface area (Å²) in [5.74, 6) is -0.473. The summed E-state index contributed by atoms with van der Waals surface area (Å²) in [6.45, 7) is 1.40. The van der Waals surface area contributed by atoms with Gasteiger partial charge in [0.15, 0.2) is 5.13 Å². The molecule has 182 valence electrons. The monoisotopic (exact) mass is 524 g/mol. The lowest BCUT2D eigenvalue weighted by Crippen LogP contribution is -2.71. The van der Waals surface area contributed by atoms with Crippen molar-refractivity contribution in [3.05, 3.63) is 22.3 Å². The minimum atomic E-state index is -0.727. The second-order valence-electron chi connectivity index (χ2n) is 7.90. The highest BCUT2D eigenvalue weighted by Crippen LogP contribution is 2.41. The lowest BCUT2D eigenvalue weighted by Gasteiger charge is -2.49. The fraction of sp³-hybridized carbons (Fsp3) is 0.500. The zero-order valence-electron chi connectivity index (χ0n) is 18.5. The average Bonchev–Trinajstić information content (AvgIpc) is 3.41. The largest absolute Gasteiger partial charge is 0.375 e. The average molecular weight is 525 g/mol. The van der Waals surface area contributed by atoms with Crippen molar-refractivity contribution in [1.82, 2.24) is 40.3 Å². The standard InChI is InChI=1S/C18H24N10O3S3/c1-26(2)3-4-27-18(23-24-25-27)34-7-9-6-32-16-12(15(31)28(16)13(9)14(19)30)22-11(29)5-10-8-33-17(20)21-10/h8,12,16H,3-7H2,1-2H3,(H2,19,30)(H2,20,21)(H,22,29)/t12-,16-/m1/s1. The van der Waals surface area contributed by atoms with Crippen LogP contribution in [0.5, 0.6) is 0 Å². The molecule has 4 rings (SSSR count). The fourth-order valence-corrected chi connectivity index (χ4v) is 6.46. The molecule has 0 bridgehead atoms. The van der Waals surface area contributed by atoms with Gasteiger partial charge >= 0.3 is 0 Å². The van der Waals surface area contributed by atoms with Gasteiger partial charge in [0.25, 0.3) is 11.8 Å². The number of carbonyl (C=O) groups excluding carboxylic acids is 3. The number of rotatable bonds is 10. The Bertz CT molecular complexity index is 1130. The molecule has 2 aromatic heterocycles. The SMILES string of the molecule is CN(C)CCn1nnnc1SCC1=C(C(N)=O)N2C(=O)[C@@H](NC(=O)Cc3csc(N)n3)[C@H]2SC1. The summed E-state index contributed by atoms with van der Waals surface area (Å²) in [6.07, 6.45) is 0.0256. The van der Waals surface area contributed by atoms with E-state index < -0.39 is 17.3 Å². The number of nitrogens with two attached hydrogens (primary N) is 2. The third kappa shape index (κ3) is 5.18. The van der Waals surface area contributed by atoms with Crippen LogP contribution in [0.2, 0.25) is 0 Å². The number of nitrogens with one attached hydrogen (secondary N) is 1. The number of amides is 3. The third-order valence-electron chi connectivity index (χ3n) is 5.14. The number of thioether (sulfide) groups is 2. The number of hydrogen-bond acceptors (Lipinski definition) is 12. The quantitative estimate of drug-likeness (QED) is 0.250. The van der Waals surface area contributed by atoms with Crippen LogP contribution in [0.25, 0.3) is 0 Å². The highest BCUT2D eigenvalue weighted by atomic mass is 32.2. The van der Waals surface area contributed by atoms with Crippen molar-refractivity contribution < 1.29 is 14.4 Å². The predicted octanol–water partition coefficient (Wildman–Crippen LogP) is -1.25. The minimum Gasteiger partial charge on any atom is -0.375 e. The molecule has 1 fully saturated rings. The van der Waals surface area contributed by atoms with Gasteiger partial charge in [0.05, 0.1) is 18.7 Å². The maximum absolute atomic E-state index is 12.9. The van der Waals surface area contributed by atoms with Gasteiger partial charge in [-0.05, 0) is 30.1 Å². The summed E-state index contributed by atoms with van der Waals surface area (Å²) < 4.78 is 1.70. The van der Waals surface area contributed by atoms with Gasteiger partial charge in [-0.1, -0.05) is 11.8 Å². The highest BCUT2D eigenvalue weighted by molar-refractivity contribution is 8.01. The number of aromatic nitrogens is 5. The Morgan fingerprint density at radius 1 is 1.38 bits per heavy atom. The van der Waals surface area contributed by atoms with E-state index in [1.165, 1.54) is 39.8 Å². The van der Waals surface area contributed by atoms with Crippen molar-refractivity contribution in [2.24, 2.45) is 5.73 Å². The van der Waals surface area contributed by atoms with Crippen LogP contribution in [0, 0.1) is 0 Å². The Morgan fingerprint density at radius 2 is 2.18 bits per heavy atom. The van der Waals surface area contributed by atoms with Gasteiger partial charge in [-0.15, -0.1) is 28.2 Å². The van der Waals surface area contributed by atoms with Crippen molar-refractivity contribution in [2.75, 3.05) is 37.9 Å². The summed E-state index contributed by atoms with van der Waals surface area (Å²) in [4.78, 5) is 45.0. The van der Waals surface area contributed by atoms with Crippen molar-refractivity contribution in [2.45, 2.75) is 29.5 Å². The van der Waals surface area contributed by atoms with E-state index in [0.717, 1.165) is 12.1 Å². The molecular formula is C18H24N10O3S3. The molecule has 3 amide bonds. The van der Waals surface area contributed by atoms with Crippen molar-refractivity contribution in [3.63, 3.8) is 0 Å². The van der Waals surface area contributed by atoms with Gasteiger partial charge in [-0.2, -0.15) is 0 Å². The van der Waals surface area contributed by atoms with E-state index in [9.17, 15) is 14.4 Å². The van der Waals surface area contributed by atoms with Gasteiger partial charge in [-0.25, -0.2) is 9.67 Å². The number of primary amides is 1. The molecule has 0 unspecified atom stereocenters.